The fourth-order valence-corrected chi connectivity index (χ4v) is 3.99. The molecule has 0 aliphatic carbocycles. The second-order valence-electron chi connectivity index (χ2n) is 3.48. The van der Waals surface area contributed by atoms with Crippen molar-refractivity contribution in [1.82, 2.24) is 0 Å². The maximum atomic E-state index is 6.42. The zero-order valence-electron chi connectivity index (χ0n) is 8.38. The highest BCUT2D eigenvalue weighted by Gasteiger charge is 2.17. The van der Waals surface area contributed by atoms with Gasteiger partial charge in [-0.25, -0.2) is 0 Å². The van der Waals surface area contributed by atoms with E-state index < -0.39 is 0 Å². The topological polar surface area (TPSA) is 0 Å². The normalized spacial score (nSPS) is 13.1. The number of alkyl halides is 1. The van der Waals surface area contributed by atoms with Crippen LogP contribution in [-0.2, 0) is 0 Å². The van der Waals surface area contributed by atoms with E-state index in [1.165, 1.54) is 11.1 Å². The van der Waals surface area contributed by atoms with Crippen molar-refractivity contribution in [2.45, 2.75) is 19.2 Å². The lowest BCUT2D eigenvalue weighted by atomic mass is 10.1. The third-order valence-electron chi connectivity index (χ3n) is 2.29. The van der Waals surface area contributed by atoms with Crippen molar-refractivity contribution in [3.63, 3.8) is 0 Å². The van der Waals surface area contributed by atoms with Gasteiger partial charge in [0.05, 0.1) is 9.71 Å². The summed E-state index contributed by atoms with van der Waals surface area (Å²) in [5.74, 6) is 0. The van der Waals surface area contributed by atoms with Crippen LogP contribution in [0.15, 0.2) is 16.8 Å². The Kier molecular flexibility index (Phi) is 3.41. The lowest BCUT2D eigenvalue weighted by Gasteiger charge is -2.05. The molecule has 0 saturated carbocycles. The molecule has 0 radical (unpaired) electrons. The Balaban J connectivity index is 2.36. The maximum Gasteiger partial charge on any atom is 0.0960 e. The first-order valence-electron chi connectivity index (χ1n) is 4.52. The molecule has 2 aromatic rings. The molecule has 0 N–H and O–H groups in total. The van der Waals surface area contributed by atoms with Crippen molar-refractivity contribution in [3.8, 4) is 0 Å². The minimum Gasteiger partial charge on any atom is -0.152 e. The minimum absolute atomic E-state index is 0.0625. The van der Waals surface area contributed by atoms with Crippen molar-refractivity contribution in [1.29, 1.82) is 0 Å². The Morgan fingerprint density at radius 1 is 1.20 bits per heavy atom. The SMILES string of the molecule is Cc1cscc1C(Cl)c1cc(C)c(Cl)s1. The Bertz CT molecular complexity index is 451. The second-order valence-corrected chi connectivity index (χ2v) is 6.34. The Labute approximate surface area is 107 Å². The molecule has 4 heteroatoms. The van der Waals surface area contributed by atoms with Gasteiger partial charge >= 0.3 is 0 Å². The van der Waals surface area contributed by atoms with Gasteiger partial charge in [-0.15, -0.1) is 22.9 Å². The van der Waals surface area contributed by atoms with Crippen LogP contribution in [0.25, 0.3) is 0 Å². The van der Waals surface area contributed by atoms with Crippen LogP contribution in [0.3, 0.4) is 0 Å². The largest absolute Gasteiger partial charge is 0.152 e. The average molecular weight is 277 g/mol. The van der Waals surface area contributed by atoms with Gasteiger partial charge < -0.3 is 0 Å². The molecule has 0 aliphatic rings. The predicted molar refractivity (Wildman–Crippen MR) is 70.8 cm³/mol. The van der Waals surface area contributed by atoms with Crippen molar-refractivity contribution < 1.29 is 0 Å². The average Bonchev–Trinajstić information content (AvgIpc) is 2.74. The molecule has 0 fully saturated rings. The first-order valence-corrected chi connectivity index (χ1v) is 7.09. The van der Waals surface area contributed by atoms with Gasteiger partial charge in [0, 0.05) is 4.88 Å². The summed E-state index contributed by atoms with van der Waals surface area (Å²) in [4.78, 5) is 1.13. The predicted octanol–water partition coefficient (Wildman–Crippen LogP) is 5.41. The quantitative estimate of drug-likeness (QED) is 0.644. The van der Waals surface area contributed by atoms with Crippen molar-refractivity contribution in [2.75, 3.05) is 0 Å². The third-order valence-corrected chi connectivity index (χ3v) is 5.39. The molecule has 0 bridgehead atoms. The molecule has 1 atom stereocenters. The molecule has 80 valence electrons. The van der Waals surface area contributed by atoms with Gasteiger partial charge in [0.2, 0.25) is 0 Å². The monoisotopic (exact) mass is 276 g/mol. The number of hydrogen-bond donors (Lipinski definition) is 0. The van der Waals surface area contributed by atoms with E-state index in [4.69, 9.17) is 23.2 Å². The van der Waals surface area contributed by atoms with Crippen molar-refractivity contribution in [2.24, 2.45) is 0 Å². The standard InChI is InChI=1S/C11H10Cl2S2/c1-6-3-9(15-11(6)13)10(12)8-5-14-4-7(8)2/h3-5,10H,1-2H3. The molecule has 2 rings (SSSR count). The number of aryl methyl sites for hydroxylation is 2. The second kappa shape index (κ2) is 4.46. The minimum atomic E-state index is -0.0625. The Hall–Kier alpha value is -0.0200. The summed E-state index contributed by atoms with van der Waals surface area (Å²) in [5, 5.41) is 4.16. The third kappa shape index (κ3) is 2.23. The number of thiophene rings is 2. The van der Waals surface area contributed by atoms with Gasteiger partial charge in [0.25, 0.3) is 0 Å². The number of hydrogen-bond acceptors (Lipinski definition) is 2. The molecule has 0 saturated heterocycles. The molecular formula is C11H10Cl2S2. The molecule has 1 unspecified atom stereocenters. The first kappa shape index (κ1) is 11.5. The fourth-order valence-electron chi connectivity index (χ4n) is 1.39. The van der Waals surface area contributed by atoms with E-state index in [0.29, 0.717) is 0 Å². The zero-order valence-corrected chi connectivity index (χ0v) is 11.5. The van der Waals surface area contributed by atoms with Crippen molar-refractivity contribution >= 4 is 45.9 Å². The summed E-state index contributed by atoms with van der Waals surface area (Å²) >= 11 is 15.7. The highest BCUT2D eigenvalue weighted by Crippen LogP contribution is 2.39. The van der Waals surface area contributed by atoms with Gasteiger partial charge in [-0.2, -0.15) is 11.3 Å². The molecule has 2 heterocycles. The van der Waals surface area contributed by atoms with E-state index >= 15 is 0 Å². The molecule has 0 spiro atoms. The van der Waals surface area contributed by atoms with Crippen LogP contribution in [0.1, 0.15) is 26.9 Å². The van der Waals surface area contributed by atoms with Crippen LogP contribution in [0, 0.1) is 13.8 Å². The summed E-state index contributed by atoms with van der Waals surface area (Å²) in [6, 6.07) is 2.07. The van der Waals surface area contributed by atoms with Crippen LogP contribution in [-0.4, -0.2) is 0 Å². The highest BCUT2D eigenvalue weighted by molar-refractivity contribution is 7.16. The number of rotatable bonds is 2. The molecule has 0 aromatic carbocycles. The van der Waals surface area contributed by atoms with E-state index in [1.807, 2.05) is 6.92 Å². The molecule has 2 aromatic heterocycles. The Morgan fingerprint density at radius 2 is 1.93 bits per heavy atom. The van der Waals surface area contributed by atoms with Gasteiger partial charge in [0.15, 0.2) is 0 Å². The molecule has 0 aliphatic heterocycles. The smallest absolute Gasteiger partial charge is 0.0960 e. The van der Waals surface area contributed by atoms with Crippen LogP contribution in [0.2, 0.25) is 4.34 Å². The van der Waals surface area contributed by atoms with Gasteiger partial charge in [-0.3, -0.25) is 0 Å². The van der Waals surface area contributed by atoms with E-state index in [0.717, 1.165) is 14.8 Å². The molecule has 15 heavy (non-hydrogen) atoms. The summed E-state index contributed by atoms with van der Waals surface area (Å²) < 4.78 is 0.837. The fraction of sp³-hybridized carbons (Fsp3) is 0.273. The van der Waals surface area contributed by atoms with Gasteiger partial charge in [-0.1, -0.05) is 11.6 Å². The molecular weight excluding hydrogens is 267 g/mol. The van der Waals surface area contributed by atoms with Crippen LogP contribution in [0.5, 0.6) is 0 Å². The van der Waals surface area contributed by atoms with E-state index in [2.05, 4.69) is 23.8 Å². The van der Waals surface area contributed by atoms with Crippen molar-refractivity contribution in [3.05, 3.63) is 42.7 Å². The van der Waals surface area contributed by atoms with E-state index in [9.17, 15) is 0 Å². The van der Waals surface area contributed by atoms with Gasteiger partial charge in [-0.05, 0) is 47.4 Å². The van der Waals surface area contributed by atoms with Crippen LogP contribution < -0.4 is 0 Å². The Morgan fingerprint density at radius 3 is 2.40 bits per heavy atom. The summed E-state index contributed by atoms with van der Waals surface area (Å²) in [6.45, 7) is 4.09. The van der Waals surface area contributed by atoms with E-state index in [1.54, 1.807) is 22.7 Å². The van der Waals surface area contributed by atoms with Gasteiger partial charge in [0.1, 0.15) is 0 Å². The van der Waals surface area contributed by atoms with Crippen LogP contribution >= 0.6 is 45.9 Å². The summed E-state index contributed by atoms with van der Waals surface area (Å²) in [7, 11) is 0. The molecule has 0 nitrogen and oxygen atoms in total. The summed E-state index contributed by atoms with van der Waals surface area (Å²) in [5.41, 5.74) is 3.55. The van der Waals surface area contributed by atoms with Crippen LogP contribution in [0.4, 0.5) is 0 Å². The highest BCUT2D eigenvalue weighted by atomic mass is 35.5. The lowest BCUT2D eigenvalue weighted by Crippen LogP contribution is -1.89. The summed E-state index contributed by atoms with van der Waals surface area (Å²) in [6.07, 6.45) is 0. The first-order chi connectivity index (χ1) is 7.09. The van der Waals surface area contributed by atoms with E-state index in [-0.39, 0.29) is 5.38 Å². The number of halogens is 2. The molecule has 0 amide bonds. The maximum absolute atomic E-state index is 6.42. The zero-order chi connectivity index (χ0) is 11.0. The lowest BCUT2D eigenvalue weighted by molar-refractivity contribution is 1.17.